The Balaban J connectivity index is 1.61. The molecule has 8 nitrogen and oxygen atoms in total. The number of nitrogen functional groups attached to an aromatic ring is 1. The number of aromatic nitrogens is 3. The van der Waals surface area contributed by atoms with Gasteiger partial charge in [0.1, 0.15) is 35.1 Å². The largest absolute Gasteiger partial charge is 0.506 e. The number of fused-ring (bicyclic) bond motifs is 1. The van der Waals surface area contributed by atoms with Crippen LogP contribution in [-0.4, -0.2) is 25.4 Å². The molecular formula is C28H23ClFN6O2+. The summed E-state index contributed by atoms with van der Waals surface area (Å²) in [5.74, 6) is -0.273. The molecule has 0 spiro atoms. The van der Waals surface area contributed by atoms with Crippen molar-refractivity contribution in [1.29, 1.82) is 0 Å². The first-order chi connectivity index (χ1) is 18.3. The number of hydrogen-bond donors (Lipinski definition) is 4. The zero-order chi connectivity index (χ0) is 27.0. The van der Waals surface area contributed by atoms with Gasteiger partial charge in [0.15, 0.2) is 0 Å². The third kappa shape index (κ3) is 4.44. The van der Waals surface area contributed by atoms with E-state index >= 15 is 0 Å². The summed E-state index contributed by atoms with van der Waals surface area (Å²) in [6.45, 7) is 1.92. The van der Waals surface area contributed by atoms with Crippen LogP contribution in [0.15, 0.2) is 77.9 Å². The van der Waals surface area contributed by atoms with Gasteiger partial charge in [-0.2, -0.15) is 0 Å². The fourth-order valence-corrected chi connectivity index (χ4v) is 4.53. The smallest absolute Gasteiger partial charge is 0.263 e. The number of para-hydroxylation sites is 1. The van der Waals surface area contributed by atoms with E-state index in [4.69, 9.17) is 22.7 Å². The number of pyridine rings is 1. The van der Waals surface area contributed by atoms with Gasteiger partial charge in [0.05, 0.1) is 28.2 Å². The van der Waals surface area contributed by atoms with Crippen LogP contribution >= 0.6 is 11.6 Å². The first kappa shape index (κ1) is 24.9. The Morgan fingerprint density at radius 3 is 2.68 bits per heavy atom. The Kier molecular flexibility index (Phi) is 6.52. The van der Waals surface area contributed by atoms with Crippen molar-refractivity contribution in [1.82, 2.24) is 14.5 Å². The fourth-order valence-electron chi connectivity index (χ4n) is 4.41. The maximum atomic E-state index is 14.9. The lowest BCUT2D eigenvalue weighted by Crippen LogP contribution is -2.42. The SMILES string of the molecule is Cc1cccc2cc(CNc3ncnc(N)c3C(=[NH2+])c3ccc(Cl)c(O)c3)n(-c3ccccc3F)c(=O)c12. The number of anilines is 2. The average Bonchev–Trinajstić information content (AvgIpc) is 2.89. The molecule has 0 aliphatic carbocycles. The van der Waals surface area contributed by atoms with E-state index in [0.717, 1.165) is 10.9 Å². The van der Waals surface area contributed by atoms with Gasteiger partial charge in [0.25, 0.3) is 5.56 Å². The molecule has 0 aliphatic rings. The zero-order valence-electron chi connectivity index (χ0n) is 20.2. The molecule has 3 aromatic carbocycles. The van der Waals surface area contributed by atoms with E-state index in [0.29, 0.717) is 28.0 Å². The molecule has 0 aliphatic heterocycles. The molecule has 2 aromatic heterocycles. The maximum Gasteiger partial charge on any atom is 0.263 e. The fraction of sp³-hybridized carbons (Fsp3) is 0.0714. The number of nitrogens with one attached hydrogen (secondary N) is 1. The average molecular weight is 530 g/mol. The molecule has 0 bridgehead atoms. The van der Waals surface area contributed by atoms with Crippen LogP contribution in [0.2, 0.25) is 5.02 Å². The molecule has 0 radical (unpaired) electrons. The van der Waals surface area contributed by atoms with Gasteiger partial charge in [-0.25, -0.2) is 14.4 Å². The topological polar surface area (TPSA) is 132 Å². The number of halogens is 2. The number of nitrogens with zero attached hydrogens (tertiary/aromatic N) is 3. The van der Waals surface area contributed by atoms with Gasteiger partial charge in [0.2, 0.25) is 5.71 Å². The van der Waals surface area contributed by atoms with Gasteiger partial charge in [-0.3, -0.25) is 14.8 Å². The maximum absolute atomic E-state index is 14.9. The number of hydrogen-bond acceptors (Lipinski definition) is 6. The Hall–Kier alpha value is -4.76. The van der Waals surface area contributed by atoms with E-state index in [9.17, 15) is 14.3 Å². The van der Waals surface area contributed by atoms with Crippen LogP contribution in [-0.2, 0) is 6.54 Å². The highest BCUT2D eigenvalue weighted by atomic mass is 35.5. The predicted octanol–water partition coefficient (Wildman–Crippen LogP) is 3.38. The first-order valence-electron chi connectivity index (χ1n) is 11.6. The van der Waals surface area contributed by atoms with E-state index in [2.05, 4.69) is 15.3 Å². The highest BCUT2D eigenvalue weighted by Crippen LogP contribution is 2.27. The summed E-state index contributed by atoms with van der Waals surface area (Å²) in [6, 6.07) is 18.0. The second kappa shape index (κ2) is 9.95. The number of rotatable bonds is 6. The lowest BCUT2D eigenvalue weighted by Gasteiger charge is -2.18. The van der Waals surface area contributed by atoms with Crippen molar-refractivity contribution < 1.29 is 14.9 Å². The van der Waals surface area contributed by atoms with Crippen molar-refractivity contribution in [2.75, 3.05) is 11.1 Å². The summed E-state index contributed by atoms with van der Waals surface area (Å²) in [5, 5.41) is 21.0. The number of nitrogens with two attached hydrogens (primary N) is 2. The van der Waals surface area contributed by atoms with Crippen molar-refractivity contribution >= 4 is 39.7 Å². The third-order valence-corrected chi connectivity index (χ3v) is 6.58. The summed E-state index contributed by atoms with van der Waals surface area (Å²) in [7, 11) is 0. The summed E-state index contributed by atoms with van der Waals surface area (Å²) >= 11 is 5.94. The number of phenols is 1. The van der Waals surface area contributed by atoms with Crippen LogP contribution in [0.5, 0.6) is 5.75 Å². The Morgan fingerprint density at radius 2 is 1.92 bits per heavy atom. The van der Waals surface area contributed by atoms with Crippen molar-refractivity contribution in [2.45, 2.75) is 13.5 Å². The summed E-state index contributed by atoms with van der Waals surface area (Å²) < 4.78 is 16.3. The van der Waals surface area contributed by atoms with Gasteiger partial charge < -0.3 is 16.2 Å². The molecule has 0 saturated heterocycles. The molecule has 0 fully saturated rings. The lowest BCUT2D eigenvalue weighted by atomic mass is 10.0. The number of benzene rings is 3. The quantitative estimate of drug-likeness (QED) is 0.249. The van der Waals surface area contributed by atoms with Crippen LogP contribution in [0, 0.1) is 12.7 Å². The normalized spacial score (nSPS) is 11.0. The second-order valence-electron chi connectivity index (χ2n) is 8.68. The molecule has 6 N–H and O–H groups in total. The molecule has 0 unspecified atom stereocenters. The summed E-state index contributed by atoms with van der Waals surface area (Å²) in [4.78, 5) is 22.0. The Morgan fingerprint density at radius 1 is 1.13 bits per heavy atom. The van der Waals surface area contributed by atoms with Crippen LogP contribution in [0.25, 0.3) is 16.5 Å². The van der Waals surface area contributed by atoms with Gasteiger partial charge in [-0.05, 0) is 54.3 Å². The minimum atomic E-state index is -0.532. The van der Waals surface area contributed by atoms with Crippen molar-refractivity contribution in [3.8, 4) is 11.4 Å². The van der Waals surface area contributed by atoms with Crippen molar-refractivity contribution in [3.05, 3.63) is 117 Å². The lowest BCUT2D eigenvalue weighted by molar-refractivity contribution is -0.111. The predicted molar refractivity (Wildman–Crippen MR) is 146 cm³/mol. The highest BCUT2D eigenvalue weighted by Gasteiger charge is 2.22. The molecule has 0 atom stereocenters. The van der Waals surface area contributed by atoms with Gasteiger partial charge in [0, 0.05) is 5.69 Å². The summed E-state index contributed by atoms with van der Waals surface area (Å²) in [5.41, 5.74) is 8.21. The van der Waals surface area contributed by atoms with Crippen molar-refractivity contribution in [3.63, 3.8) is 0 Å². The standard InChI is InChI=1S/C28H22ClFN6O2/c1-15-5-4-6-16-11-18(36(28(38)23(15)16)21-8-3-2-7-20(21)30)13-33-27-24(26(32)34-14-35-27)25(31)17-9-10-19(29)22(37)12-17/h2-12,14,31,37H,13H2,1H3,(H3,32,33,34,35)/p+1. The molecule has 5 rings (SSSR count). The molecule has 10 heteroatoms. The molecule has 190 valence electrons. The van der Waals surface area contributed by atoms with E-state index in [1.807, 2.05) is 31.2 Å². The van der Waals surface area contributed by atoms with Gasteiger partial charge in [-0.15, -0.1) is 0 Å². The molecule has 0 saturated carbocycles. The first-order valence-corrected chi connectivity index (χ1v) is 12.0. The number of aromatic hydroxyl groups is 1. The monoisotopic (exact) mass is 529 g/mol. The van der Waals surface area contributed by atoms with Gasteiger partial charge >= 0.3 is 0 Å². The molecule has 0 amide bonds. The van der Waals surface area contributed by atoms with Crippen LogP contribution in [0.3, 0.4) is 0 Å². The van der Waals surface area contributed by atoms with Crippen LogP contribution in [0.4, 0.5) is 16.0 Å². The molecule has 38 heavy (non-hydrogen) atoms. The summed E-state index contributed by atoms with van der Waals surface area (Å²) in [6.07, 6.45) is 1.28. The Labute approximate surface area is 221 Å². The van der Waals surface area contributed by atoms with Crippen LogP contribution in [0.1, 0.15) is 22.4 Å². The number of aryl methyl sites for hydroxylation is 1. The molecule has 2 heterocycles. The zero-order valence-corrected chi connectivity index (χ0v) is 21.0. The van der Waals surface area contributed by atoms with E-state index in [1.165, 1.54) is 29.1 Å². The highest BCUT2D eigenvalue weighted by molar-refractivity contribution is 6.32. The van der Waals surface area contributed by atoms with Crippen LogP contribution < -0.4 is 22.0 Å². The van der Waals surface area contributed by atoms with Gasteiger partial charge in [-0.1, -0.05) is 41.9 Å². The van der Waals surface area contributed by atoms with E-state index < -0.39 is 5.82 Å². The minimum absolute atomic E-state index is 0.0794. The number of phenolic OH excluding ortho intramolecular Hbond substituents is 1. The third-order valence-electron chi connectivity index (χ3n) is 6.26. The van der Waals surface area contributed by atoms with E-state index in [1.54, 1.807) is 24.3 Å². The second-order valence-corrected chi connectivity index (χ2v) is 9.09. The minimum Gasteiger partial charge on any atom is -0.506 e. The molecule has 5 aromatic rings. The Bertz CT molecular complexity index is 1790. The molecular weight excluding hydrogens is 507 g/mol. The van der Waals surface area contributed by atoms with Crippen molar-refractivity contribution in [2.24, 2.45) is 0 Å². The van der Waals surface area contributed by atoms with E-state index in [-0.39, 0.29) is 40.1 Å².